The van der Waals surface area contributed by atoms with Crippen LogP contribution >= 0.6 is 0 Å². The molecular formula is C14H19N. The molecule has 0 aromatic heterocycles. The van der Waals surface area contributed by atoms with E-state index in [4.69, 9.17) is 0 Å². The fourth-order valence-corrected chi connectivity index (χ4v) is 3.10. The van der Waals surface area contributed by atoms with Crippen LogP contribution in [0.15, 0.2) is 18.2 Å². The summed E-state index contributed by atoms with van der Waals surface area (Å²) in [6.07, 6.45) is 5.39. The molecule has 1 N–H and O–H groups in total. The average Bonchev–Trinajstić information content (AvgIpc) is 2.35. The molecule has 1 nitrogen and oxygen atoms in total. The van der Waals surface area contributed by atoms with Crippen molar-refractivity contribution in [2.24, 2.45) is 0 Å². The minimum atomic E-state index is 0.498. The molecule has 0 unspecified atom stereocenters. The molecule has 1 heterocycles. The summed E-state index contributed by atoms with van der Waals surface area (Å²) in [6.45, 7) is 4.56. The molecule has 0 amide bonds. The Morgan fingerprint density at radius 3 is 2.87 bits per heavy atom. The molecular weight excluding hydrogens is 182 g/mol. The molecule has 1 aliphatic heterocycles. The quantitative estimate of drug-likeness (QED) is 0.680. The molecule has 1 aliphatic carbocycles. The lowest BCUT2D eigenvalue weighted by molar-refractivity contribution is 0.239. The van der Waals surface area contributed by atoms with Crippen molar-refractivity contribution >= 4 is 0 Å². The first-order valence-electron chi connectivity index (χ1n) is 6.11. The Hall–Kier alpha value is -0.820. The van der Waals surface area contributed by atoms with Crippen molar-refractivity contribution in [1.29, 1.82) is 0 Å². The lowest BCUT2D eigenvalue weighted by Gasteiger charge is -2.42. The maximum atomic E-state index is 3.61. The van der Waals surface area contributed by atoms with E-state index in [1.54, 1.807) is 11.1 Å². The van der Waals surface area contributed by atoms with Gasteiger partial charge in [0, 0.05) is 12.0 Å². The van der Waals surface area contributed by atoms with Gasteiger partial charge in [-0.3, -0.25) is 0 Å². The highest BCUT2D eigenvalue weighted by atomic mass is 14.9. The van der Waals surface area contributed by atoms with Gasteiger partial charge in [0.25, 0.3) is 0 Å². The van der Waals surface area contributed by atoms with Gasteiger partial charge < -0.3 is 5.32 Å². The largest absolute Gasteiger partial charge is 0.316 e. The topological polar surface area (TPSA) is 12.0 Å². The Bertz CT molecular complexity index is 377. The molecule has 1 spiro atoms. The highest BCUT2D eigenvalue weighted by Crippen LogP contribution is 2.45. The molecule has 15 heavy (non-hydrogen) atoms. The van der Waals surface area contributed by atoms with Crippen molar-refractivity contribution in [3.63, 3.8) is 0 Å². The van der Waals surface area contributed by atoms with Crippen molar-refractivity contribution in [1.82, 2.24) is 5.32 Å². The van der Waals surface area contributed by atoms with Gasteiger partial charge in [0.05, 0.1) is 0 Å². The van der Waals surface area contributed by atoms with Crippen LogP contribution in [0.25, 0.3) is 0 Å². The van der Waals surface area contributed by atoms with E-state index in [0.29, 0.717) is 5.41 Å². The third-order valence-electron chi connectivity index (χ3n) is 4.18. The molecule has 0 bridgehead atoms. The zero-order valence-electron chi connectivity index (χ0n) is 9.47. The maximum absolute atomic E-state index is 3.61. The lowest BCUT2D eigenvalue weighted by Crippen LogP contribution is -2.42. The number of rotatable bonds is 0. The van der Waals surface area contributed by atoms with Gasteiger partial charge in [-0.2, -0.15) is 0 Å². The molecule has 1 fully saturated rings. The van der Waals surface area contributed by atoms with Gasteiger partial charge in [-0.05, 0) is 43.9 Å². The molecule has 1 aromatic carbocycles. The zero-order chi connectivity index (χ0) is 10.3. The van der Waals surface area contributed by atoms with Gasteiger partial charge in [0.2, 0.25) is 0 Å². The van der Waals surface area contributed by atoms with Crippen LogP contribution in [0.2, 0.25) is 0 Å². The van der Waals surface area contributed by atoms with Crippen LogP contribution in [-0.2, 0) is 11.8 Å². The molecule has 1 saturated carbocycles. The molecule has 1 heteroatoms. The maximum Gasteiger partial charge on any atom is 0.00806 e. The number of aryl methyl sites for hydroxylation is 1. The summed E-state index contributed by atoms with van der Waals surface area (Å²) in [6, 6.07) is 7.04. The van der Waals surface area contributed by atoms with E-state index in [1.807, 2.05) is 0 Å². The molecule has 1 aromatic rings. The summed E-state index contributed by atoms with van der Waals surface area (Å²) in [4.78, 5) is 0. The fraction of sp³-hybridized carbons (Fsp3) is 0.571. The van der Waals surface area contributed by atoms with E-state index < -0.39 is 0 Å². The number of nitrogens with one attached hydrogen (secondary N) is 1. The third-order valence-corrected chi connectivity index (χ3v) is 4.18. The zero-order valence-corrected chi connectivity index (χ0v) is 9.47. The summed E-state index contributed by atoms with van der Waals surface area (Å²) < 4.78 is 0. The highest BCUT2D eigenvalue weighted by molar-refractivity contribution is 5.40. The summed E-state index contributed by atoms with van der Waals surface area (Å²) >= 11 is 0. The van der Waals surface area contributed by atoms with Gasteiger partial charge in [-0.15, -0.1) is 0 Å². The highest BCUT2D eigenvalue weighted by Gasteiger charge is 2.40. The number of fused-ring (bicyclic) bond motifs is 2. The fourth-order valence-electron chi connectivity index (χ4n) is 3.10. The first kappa shape index (κ1) is 9.41. The number of hydrogen-bond donors (Lipinski definition) is 1. The van der Waals surface area contributed by atoms with Crippen LogP contribution < -0.4 is 5.32 Å². The van der Waals surface area contributed by atoms with Crippen LogP contribution in [0.3, 0.4) is 0 Å². The average molecular weight is 201 g/mol. The summed E-state index contributed by atoms with van der Waals surface area (Å²) in [5, 5.41) is 3.61. The molecule has 0 radical (unpaired) electrons. The van der Waals surface area contributed by atoms with Gasteiger partial charge in [-0.1, -0.05) is 30.2 Å². The Balaban J connectivity index is 2.11. The monoisotopic (exact) mass is 201 g/mol. The summed E-state index contributed by atoms with van der Waals surface area (Å²) in [7, 11) is 0. The Labute approximate surface area is 91.9 Å². The number of benzene rings is 1. The summed E-state index contributed by atoms with van der Waals surface area (Å²) in [5.74, 6) is 0. The SMILES string of the molecule is Cc1ccc2c(c1)C1(CCC1)CNCC2. The van der Waals surface area contributed by atoms with Gasteiger partial charge in [0.1, 0.15) is 0 Å². The number of hydrogen-bond acceptors (Lipinski definition) is 1. The van der Waals surface area contributed by atoms with E-state index >= 15 is 0 Å². The van der Waals surface area contributed by atoms with Crippen LogP contribution in [0, 0.1) is 6.92 Å². The van der Waals surface area contributed by atoms with E-state index in [1.165, 1.54) is 37.8 Å². The molecule has 0 atom stereocenters. The van der Waals surface area contributed by atoms with E-state index in [-0.39, 0.29) is 0 Å². The Morgan fingerprint density at radius 2 is 2.13 bits per heavy atom. The minimum absolute atomic E-state index is 0.498. The minimum Gasteiger partial charge on any atom is -0.316 e. The predicted molar refractivity (Wildman–Crippen MR) is 63.3 cm³/mol. The Morgan fingerprint density at radius 1 is 1.27 bits per heavy atom. The molecule has 0 saturated heterocycles. The van der Waals surface area contributed by atoms with Crippen molar-refractivity contribution < 1.29 is 0 Å². The lowest BCUT2D eigenvalue weighted by atomic mass is 9.63. The second-order valence-corrected chi connectivity index (χ2v) is 5.22. The van der Waals surface area contributed by atoms with E-state index in [9.17, 15) is 0 Å². The second-order valence-electron chi connectivity index (χ2n) is 5.22. The van der Waals surface area contributed by atoms with Crippen molar-refractivity contribution in [2.75, 3.05) is 13.1 Å². The first-order chi connectivity index (χ1) is 7.30. The molecule has 2 aliphatic rings. The van der Waals surface area contributed by atoms with Crippen molar-refractivity contribution in [3.8, 4) is 0 Å². The van der Waals surface area contributed by atoms with Crippen molar-refractivity contribution in [3.05, 3.63) is 34.9 Å². The van der Waals surface area contributed by atoms with E-state index in [0.717, 1.165) is 6.54 Å². The van der Waals surface area contributed by atoms with Crippen LogP contribution in [0.4, 0.5) is 0 Å². The standard InChI is InChI=1S/C14H19N/c1-11-3-4-12-5-8-15-10-14(6-2-7-14)13(12)9-11/h3-4,9,15H,2,5-8,10H2,1H3. The molecule has 80 valence electrons. The van der Waals surface area contributed by atoms with Gasteiger partial charge >= 0.3 is 0 Å². The van der Waals surface area contributed by atoms with Crippen LogP contribution in [-0.4, -0.2) is 13.1 Å². The van der Waals surface area contributed by atoms with Crippen LogP contribution in [0.5, 0.6) is 0 Å². The normalized spacial score (nSPS) is 23.0. The Kier molecular flexibility index (Phi) is 2.10. The van der Waals surface area contributed by atoms with Crippen molar-refractivity contribution in [2.45, 2.75) is 38.0 Å². The third kappa shape index (κ3) is 1.41. The predicted octanol–water partition coefficient (Wildman–Crippen LogP) is 2.56. The smallest absolute Gasteiger partial charge is 0.00806 e. The first-order valence-corrected chi connectivity index (χ1v) is 6.11. The second kappa shape index (κ2) is 3.34. The van der Waals surface area contributed by atoms with Gasteiger partial charge in [-0.25, -0.2) is 0 Å². The van der Waals surface area contributed by atoms with Gasteiger partial charge in [0.15, 0.2) is 0 Å². The summed E-state index contributed by atoms with van der Waals surface area (Å²) in [5.41, 5.74) is 5.16. The molecule has 3 rings (SSSR count). The van der Waals surface area contributed by atoms with Crippen LogP contribution in [0.1, 0.15) is 36.0 Å². The van der Waals surface area contributed by atoms with E-state index in [2.05, 4.69) is 30.4 Å².